The van der Waals surface area contributed by atoms with Crippen molar-refractivity contribution < 1.29 is 14.6 Å². The molecule has 1 aromatic heterocycles. The van der Waals surface area contributed by atoms with Crippen LogP contribution in [0, 0.1) is 0 Å². The minimum Gasteiger partial charge on any atom is -0.476 e. The van der Waals surface area contributed by atoms with Gasteiger partial charge >= 0.3 is 5.97 Å². The Bertz CT molecular complexity index is 308. The van der Waals surface area contributed by atoms with E-state index >= 15 is 0 Å². The molecule has 1 aromatic rings. The predicted molar refractivity (Wildman–Crippen MR) is 43.5 cm³/mol. The summed E-state index contributed by atoms with van der Waals surface area (Å²) >= 11 is 0. The van der Waals surface area contributed by atoms with Gasteiger partial charge in [-0.25, -0.2) is 4.79 Å². The van der Waals surface area contributed by atoms with Gasteiger partial charge in [0.15, 0.2) is 5.69 Å². The number of methoxy groups -OCH3 is 1. The third-order valence-electron chi connectivity index (χ3n) is 1.69. The average molecular weight is 185 g/mol. The molecule has 13 heavy (non-hydrogen) atoms. The Morgan fingerprint density at radius 3 is 2.92 bits per heavy atom. The van der Waals surface area contributed by atoms with Crippen molar-refractivity contribution >= 4 is 5.97 Å². The van der Waals surface area contributed by atoms with E-state index in [1.165, 1.54) is 4.68 Å². The lowest BCUT2D eigenvalue weighted by Gasteiger charge is -2.00. The van der Waals surface area contributed by atoms with Crippen LogP contribution < -0.4 is 0 Å². The van der Waals surface area contributed by atoms with Crippen molar-refractivity contribution in [1.29, 1.82) is 0 Å². The van der Waals surface area contributed by atoms with E-state index in [-0.39, 0.29) is 5.69 Å². The van der Waals surface area contributed by atoms with Gasteiger partial charge in [-0.2, -0.15) is 0 Å². The summed E-state index contributed by atoms with van der Waals surface area (Å²) in [5.74, 6) is -1.06. The Morgan fingerprint density at radius 2 is 2.38 bits per heavy atom. The van der Waals surface area contributed by atoms with Crippen LogP contribution in [0.15, 0.2) is 0 Å². The second-order valence-electron chi connectivity index (χ2n) is 2.56. The third-order valence-corrected chi connectivity index (χ3v) is 1.69. The first-order valence-electron chi connectivity index (χ1n) is 3.77. The fraction of sp³-hybridized carbons (Fsp3) is 0.571. The van der Waals surface area contributed by atoms with Crippen LogP contribution in [0.1, 0.15) is 16.2 Å². The summed E-state index contributed by atoms with van der Waals surface area (Å²) in [4.78, 5) is 10.6. The Labute approximate surface area is 75.1 Å². The number of hydrogen-bond acceptors (Lipinski definition) is 4. The lowest BCUT2D eigenvalue weighted by Crippen LogP contribution is -2.08. The summed E-state index contributed by atoms with van der Waals surface area (Å²) < 4.78 is 6.29. The zero-order valence-electron chi connectivity index (χ0n) is 7.52. The molecule has 0 amide bonds. The standard InChI is InChI=1S/C7H11N3O3/c1-10-5(3-4-13-2)6(7(11)12)8-9-10/h3-4H2,1-2H3,(H,11,12). The van der Waals surface area contributed by atoms with E-state index in [4.69, 9.17) is 9.84 Å². The van der Waals surface area contributed by atoms with Crippen LogP contribution >= 0.6 is 0 Å². The number of carboxylic acid groups (broad SMARTS) is 1. The lowest BCUT2D eigenvalue weighted by atomic mass is 10.2. The Morgan fingerprint density at radius 1 is 1.69 bits per heavy atom. The highest BCUT2D eigenvalue weighted by molar-refractivity contribution is 5.86. The second-order valence-corrected chi connectivity index (χ2v) is 2.56. The lowest BCUT2D eigenvalue weighted by molar-refractivity contribution is 0.0688. The van der Waals surface area contributed by atoms with Crippen LogP contribution in [0.2, 0.25) is 0 Å². The van der Waals surface area contributed by atoms with Gasteiger partial charge in [-0.1, -0.05) is 5.21 Å². The van der Waals surface area contributed by atoms with Gasteiger partial charge in [0, 0.05) is 20.6 Å². The molecule has 0 saturated carbocycles. The quantitative estimate of drug-likeness (QED) is 0.697. The molecule has 6 heteroatoms. The summed E-state index contributed by atoms with van der Waals surface area (Å²) in [6.45, 7) is 0.460. The molecule has 0 aliphatic heterocycles. The number of aromatic nitrogens is 3. The van der Waals surface area contributed by atoms with Crippen LogP contribution in [-0.4, -0.2) is 39.8 Å². The molecule has 0 aromatic carbocycles. The van der Waals surface area contributed by atoms with E-state index in [2.05, 4.69) is 10.3 Å². The van der Waals surface area contributed by atoms with Crippen LogP contribution in [-0.2, 0) is 18.2 Å². The first kappa shape index (κ1) is 9.66. The molecule has 72 valence electrons. The first-order chi connectivity index (χ1) is 6.16. The summed E-state index contributed by atoms with van der Waals surface area (Å²) in [7, 11) is 3.22. The smallest absolute Gasteiger partial charge is 0.358 e. The van der Waals surface area contributed by atoms with E-state index in [0.717, 1.165) is 0 Å². The van der Waals surface area contributed by atoms with Gasteiger partial charge in [-0.05, 0) is 0 Å². The number of aromatic carboxylic acids is 1. The number of hydrogen-bond donors (Lipinski definition) is 1. The van der Waals surface area contributed by atoms with Crippen LogP contribution in [0.5, 0.6) is 0 Å². The van der Waals surface area contributed by atoms with Gasteiger partial charge in [-0.3, -0.25) is 4.68 Å². The minimum absolute atomic E-state index is 0.000417. The molecule has 1 N–H and O–H groups in total. The molecule has 1 heterocycles. The monoisotopic (exact) mass is 185 g/mol. The summed E-state index contributed by atoms with van der Waals surface area (Å²) in [5, 5.41) is 15.9. The van der Waals surface area contributed by atoms with E-state index in [1.54, 1.807) is 14.2 Å². The van der Waals surface area contributed by atoms with E-state index < -0.39 is 5.97 Å². The number of ether oxygens (including phenoxy) is 1. The Balaban J connectivity index is 2.88. The van der Waals surface area contributed by atoms with E-state index in [9.17, 15) is 4.79 Å². The van der Waals surface area contributed by atoms with Crippen molar-refractivity contribution in [2.75, 3.05) is 13.7 Å². The van der Waals surface area contributed by atoms with Gasteiger partial charge in [-0.15, -0.1) is 5.10 Å². The van der Waals surface area contributed by atoms with E-state index in [1.807, 2.05) is 0 Å². The maximum absolute atomic E-state index is 10.6. The number of rotatable bonds is 4. The molecule has 1 rings (SSSR count). The number of carbonyl (C=O) groups is 1. The molecule has 0 aliphatic rings. The molecule has 0 spiro atoms. The van der Waals surface area contributed by atoms with Crippen molar-refractivity contribution in [2.24, 2.45) is 7.05 Å². The molecule has 0 aliphatic carbocycles. The molecule has 0 atom stereocenters. The normalized spacial score (nSPS) is 10.3. The van der Waals surface area contributed by atoms with Crippen LogP contribution in [0.4, 0.5) is 0 Å². The molecule has 0 bridgehead atoms. The maximum Gasteiger partial charge on any atom is 0.358 e. The second kappa shape index (κ2) is 3.99. The SMILES string of the molecule is COCCc1c(C(=O)O)nnn1C. The summed E-state index contributed by atoms with van der Waals surface area (Å²) in [6, 6.07) is 0. The molecule has 0 radical (unpaired) electrons. The maximum atomic E-state index is 10.6. The van der Waals surface area contributed by atoms with Crippen molar-refractivity contribution in [3.05, 3.63) is 11.4 Å². The molecular weight excluding hydrogens is 174 g/mol. The van der Waals surface area contributed by atoms with Crippen molar-refractivity contribution in [3.8, 4) is 0 Å². The highest BCUT2D eigenvalue weighted by atomic mass is 16.5. The highest BCUT2D eigenvalue weighted by Crippen LogP contribution is 2.04. The zero-order chi connectivity index (χ0) is 9.84. The molecule has 6 nitrogen and oxygen atoms in total. The zero-order valence-corrected chi connectivity index (χ0v) is 7.52. The largest absolute Gasteiger partial charge is 0.476 e. The molecule has 0 fully saturated rings. The van der Waals surface area contributed by atoms with Crippen molar-refractivity contribution in [3.63, 3.8) is 0 Å². The number of carboxylic acids is 1. The van der Waals surface area contributed by atoms with Crippen LogP contribution in [0.3, 0.4) is 0 Å². The van der Waals surface area contributed by atoms with Crippen molar-refractivity contribution in [2.45, 2.75) is 6.42 Å². The fourth-order valence-corrected chi connectivity index (χ4v) is 1.02. The average Bonchev–Trinajstić information content (AvgIpc) is 2.43. The summed E-state index contributed by atoms with van der Waals surface area (Å²) in [5.41, 5.74) is 0.578. The highest BCUT2D eigenvalue weighted by Gasteiger charge is 2.16. The Hall–Kier alpha value is -1.43. The summed E-state index contributed by atoms with van der Waals surface area (Å²) in [6.07, 6.45) is 0.502. The topological polar surface area (TPSA) is 77.2 Å². The third kappa shape index (κ3) is 2.03. The number of nitrogens with zero attached hydrogens (tertiary/aromatic N) is 3. The Kier molecular flexibility index (Phi) is 2.97. The van der Waals surface area contributed by atoms with Crippen molar-refractivity contribution in [1.82, 2.24) is 15.0 Å². The van der Waals surface area contributed by atoms with E-state index in [0.29, 0.717) is 18.7 Å². The van der Waals surface area contributed by atoms with Gasteiger partial charge < -0.3 is 9.84 Å². The van der Waals surface area contributed by atoms with Gasteiger partial charge in [0.2, 0.25) is 0 Å². The van der Waals surface area contributed by atoms with Gasteiger partial charge in [0.1, 0.15) is 0 Å². The minimum atomic E-state index is -1.06. The molecular formula is C7H11N3O3. The first-order valence-corrected chi connectivity index (χ1v) is 3.77. The molecule has 0 unspecified atom stereocenters. The molecule has 0 saturated heterocycles. The van der Waals surface area contributed by atoms with Crippen LogP contribution in [0.25, 0.3) is 0 Å². The fourth-order valence-electron chi connectivity index (χ4n) is 1.02. The number of aryl methyl sites for hydroxylation is 1. The van der Waals surface area contributed by atoms with Gasteiger partial charge in [0.05, 0.1) is 12.3 Å². The van der Waals surface area contributed by atoms with Gasteiger partial charge in [0.25, 0.3) is 0 Å². The predicted octanol–water partition coefficient (Wildman–Crippen LogP) is -0.298.